The maximum Gasteiger partial charge on any atom is 0.696 e. The van der Waals surface area contributed by atoms with E-state index in [2.05, 4.69) is 0 Å². The minimum Gasteiger partial charge on any atom is -0.513 e. The summed E-state index contributed by atoms with van der Waals surface area (Å²) in [5.74, 6) is 0.117. The fourth-order valence-electron chi connectivity index (χ4n) is 1.84. The molecule has 0 fully saturated rings. The maximum atomic E-state index is 11.1. The molecular weight excluding hydrogens is 357 g/mol. The first-order valence-electron chi connectivity index (χ1n) is 6.65. The van der Waals surface area contributed by atoms with Gasteiger partial charge in [-0.2, -0.15) is 0 Å². The molecule has 24 heavy (non-hydrogen) atoms. The predicted octanol–water partition coefficient (Wildman–Crippen LogP) is 1.20. The van der Waals surface area contributed by atoms with Gasteiger partial charge < -0.3 is 19.3 Å². The van der Waals surface area contributed by atoms with Crippen LogP contribution in [-0.2, 0) is 4.57 Å². The molecule has 122 valence electrons. The molecule has 0 atom stereocenters. The molecule has 2 aromatic carbocycles. The zero-order chi connectivity index (χ0) is 17.7. The van der Waals surface area contributed by atoms with Gasteiger partial charge in [-0.25, -0.2) is 0 Å². The van der Waals surface area contributed by atoms with E-state index in [0.29, 0.717) is 0 Å². The summed E-state index contributed by atoms with van der Waals surface area (Å²) in [7, 11) is -3.38. The van der Waals surface area contributed by atoms with Crippen LogP contribution in [0.2, 0.25) is 0 Å². The Morgan fingerprint density at radius 2 is 1.50 bits per heavy atom. The number of rotatable bonds is 7. The summed E-state index contributed by atoms with van der Waals surface area (Å²) >= 11 is 10.7. The van der Waals surface area contributed by atoms with Crippen molar-refractivity contribution in [1.29, 1.82) is 0 Å². The summed E-state index contributed by atoms with van der Waals surface area (Å²) in [4.78, 5) is 22.2. The summed E-state index contributed by atoms with van der Waals surface area (Å²) < 4.78 is 9.94. The minimum absolute atomic E-state index is 0.117. The molecule has 10 heteroatoms. The van der Waals surface area contributed by atoms with Crippen LogP contribution in [0.1, 0.15) is 20.7 Å². The topological polar surface area (TPSA) is 93.1 Å². The Hall–Kier alpha value is -1.83. The minimum atomic E-state index is -1.82. The first-order chi connectivity index (χ1) is 11.4. The van der Waals surface area contributed by atoms with Gasteiger partial charge in [-0.15, -0.1) is 0 Å². The lowest BCUT2D eigenvalue weighted by atomic mass is 9.77. The molecule has 0 heterocycles. The van der Waals surface area contributed by atoms with Crippen molar-refractivity contribution in [2.24, 2.45) is 0 Å². The summed E-state index contributed by atoms with van der Waals surface area (Å²) in [5, 5.41) is 18.3. The summed E-state index contributed by atoms with van der Waals surface area (Å²) in [6, 6.07) is 11.5. The molecule has 0 unspecified atom stereocenters. The van der Waals surface area contributed by atoms with Crippen molar-refractivity contribution in [3.05, 3.63) is 59.7 Å². The predicted molar refractivity (Wildman–Crippen MR) is 90.5 cm³/mol. The van der Waals surface area contributed by atoms with Crippen LogP contribution < -0.4 is 10.1 Å². The third-order valence-electron chi connectivity index (χ3n) is 2.94. The first-order valence-corrected chi connectivity index (χ1v) is 7.40. The number of hydrogen-bond acceptors (Lipinski definition) is 6. The van der Waals surface area contributed by atoms with E-state index in [0.717, 1.165) is 0 Å². The zero-order valence-corrected chi connectivity index (χ0v) is 13.6. The SMILES string of the molecule is O=C(Cl)c1cccc(OB(O)OB(O)c2cccc(C(=O)Cl)c2)c1. The standard InChI is InChI=1S/C14H10B2Cl2O6/c17-13(19)9-3-1-5-11(7-9)15(21)24-16(22)23-12-6-2-4-10(8-12)14(18)20/h1-8,21-22H. The Labute approximate surface area is 148 Å². The highest BCUT2D eigenvalue weighted by atomic mass is 35.5. The molecule has 0 spiro atoms. The van der Waals surface area contributed by atoms with Gasteiger partial charge in [0, 0.05) is 11.1 Å². The van der Waals surface area contributed by atoms with Crippen molar-refractivity contribution < 1.29 is 28.9 Å². The van der Waals surface area contributed by atoms with Crippen molar-refractivity contribution in [3.8, 4) is 5.75 Å². The molecule has 2 rings (SSSR count). The van der Waals surface area contributed by atoms with Gasteiger partial charge >= 0.3 is 14.4 Å². The fraction of sp³-hybridized carbons (Fsp3) is 0. The number of hydrogen-bond donors (Lipinski definition) is 2. The van der Waals surface area contributed by atoms with Crippen molar-refractivity contribution in [1.82, 2.24) is 0 Å². The highest BCUT2D eigenvalue weighted by Crippen LogP contribution is 2.15. The maximum absolute atomic E-state index is 11.1. The van der Waals surface area contributed by atoms with Crippen LogP contribution in [0, 0.1) is 0 Å². The van der Waals surface area contributed by atoms with Crippen LogP contribution in [0.5, 0.6) is 5.75 Å². The van der Waals surface area contributed by atoms with Gasteiger partial charge in [0.1, 0.15) is 5.75 Å². The van der Waals surface area contributed by atoms with E-state index in [1.165, 1.54) is 48.5 Å². The average molecular weight is 367 g/mol. The fourth-order valence-corrected chi connectivity index (χ4v) is 2.07. The highest BCUT2D eigenvalue weighted by Gasteiger charge is 2.28. The van der Waals surface area contributed by atoms with Gasteiger partial charge in [-0.3, -0.25) is 9.59 Å². The second kappa shape index (κ2) is 8.32. The Kier molecular flexibility index (Phi) is 6.42. The monoisotopic (exact) mass is 366 g/mol. The van der Waals surface area contributed by atoms with E-state index in [9.17, 15) is 19.6 Å². The molecule has 0 aliphatic carbocycles. The molecule has 0 radical (unpaired) electrons. The second-order valence-corrected chi connectivity index (χ2v) is 5.30. The lowest BCUT2D eigenvalue weighted by Gasteiger charge is -2.13. The molecule has 6 nitrogen and oxygen atoms in total. The van der Waals surface area contributed by atoms with Crippen LogP contribution in [0.3, 0.4) is 0 Å². The van der Waals surface area contributed by atoms with Gasteiger partial charge in [0.25, 0.3) is 10.5 Å². The van der Waals surface area contributed by atoms with Crippen molar-refractivity contribution in [3.63, 3.8) is 0 Å². The van der Waals surface area contributed by atoms with Gasteiger partial charge in [-0.1, -0.05) is 30.3 Å². The summed E-state index contributed by atoms with van der Waals surface area (Å²) in [6.45, 7) is 0. The van der Waals surface area contributed by atoms with Crippen LogP contribution >= 0.6 is 23.2 Å². The largest absolute Gasteiger partial charge is 0.696 e. The molecule has 2 N–H and O–H groups in total. The van der Waals surface area contributed by atoms with E-state index >= 15 is 0 Å². The zero-order valence-electron chi connectivity index (χ0n) is 12.1. The highest BCUT2D eigenvalue weighted by molar-refractivity contribution is 6.69. The van der Waals surface area contributed by atoms with Gasteiger partial charge in [0.15, 0.2) is 0 Å². The van der Waals surface area contributed by atoms with E-state index in [4.69, 9.17) is 32.4 Å². The van der Waals surface area contributed by atoms with Crippen LogP contribution in [0.15, 0.2) is 48.5 Å². The van der Waals surface area contributed by atoms with Crippen molar-refractivity contribution in [2.45, 2.75) is 0 Å². The molecule has 0 amide bonds. The summed E-state index contributed by atoms with van der Waals surface area (Å²) in [5.41, 5.74) is 0.546. The second-order valence-electron chi connectivity index (χ2n) is 4.61. The smallest absolute Gasteiger partial charge is 0.513 e. The Bertz CT molecular complexity index is 758. The van der Waals surface area contributed by atoms with Crippen LogP contribution in [-0.4, -0.2) is 35.0 Å². The average Bonchev–Trinajstić information content (AvgIpc) is 2.55. The number of halogens is 2. The van der Waals surface area contributed by atoms with Crippen molar-refractivity contribution in [2.75, 3.05) is 0 Å². The van der Waals surface area contributed by atoms with E-state index < -0.39 is 24.9 Å². The van der Waals surface area contributed by atoms with Crippen LogP contribution in [0.4, 0.5) is 0 Å². The molecule has 0 bridgehead atoms. The quantitative estimate of drug-likeness (QED) is 0.565. The summed E-state index contributed by atoms with van der Waals surface area (Å²) in [6.07, 6.45) is 0. The number of carbonyl (C=O) groups excluding carboxylic acids is 2. The Morgan fingerprint density at radius 1 is 0.917 bits per heavy atom. The van der Waals surface area contributed by atoms with Crippen LogP contribution in [0.25, 0.3) is 0 Å². The molecule has 0 saturated carbocycles. The molecule has 0 saturated heterocycles. The lowest BCUT2D eigenvalue weighted by molar-refractivity contribution is 0.107. The van der Waals surface area contributed by atoms with Gasteiger partial charge in [-0.05, 0) is 46.9 Å². The van der Waals surface area contributed by atoms with Gasteiger partial charge in [0.05, 0.1) is 0 Å². The molecule has 0 aromatic heterocycles. The molecule has 0 aliphatic heterocycles. The number of benzene rings is 2. The van der Waals surface area contributed by atoms with Crippen molar-refractivity contribution >= 4 is 53.6 Å². The lowest BCUT2D eigenvalue weighted by Crippen LogP contribution is -2.42. The Morgan fingerprint density at radius 3 is 2.12 bits per heavy atom. The van der Waals surface area contributed by atoms with Gasteiger partial charge in [0.2, 0.25) is 0 Å². The van der Waals surface area contributed by atoms with E-state index in [1.807, 2.05) is 0 Å². The van der Waals surface area contributed by atoms with E-state index in [1.54, 1.807) is 0 Å². The number of carbonyl (C=O) groups is 2. The molecular formula is C14H10B2Cl2O6. The third kappa shape index (κ3) is 5.09. The Balaban J connectivity index is 2.02. The van der Waals surface area contributed by atoms with E-state index in [-0.39, 0.29) is 22.3 Å². The molecule has 2 aromatic rings. The first kappa shape index (κ1) is 18.5. The molecule has 0 aliphatic rings. The third-order valence-corrected chi connectivity index (χ3v) is 3.38. The normalized spacial score (nSPS) is 10.2.